The minimum atomic E-state index is -0.806. The Labute approximate surface area is 102 Å². The van der Waals surface area contributed by atoms with E-state index in [-0.39, 0.29) is 6.42 Å². The molecule has 0 aliphatic heterocycles. The minimum Gasteiger partial charge on any atom is -0.481 e. The maximum atomic E-state index is 10.5. The fourth-order valence-corrected chi connectivity index (χ4v) is 1.44. The largest absolute Gasteiger partial charge is 0.481 e. The highest BCUT2D eigenvalue weighted by molar-refractivity contribution is 5.67. The predicted molar refractivity (Wildman–Crippen MR) is 66.3 cm³/mol. The lowest BCUT2D eigenvalue weighted by atomic mass is 10.2. The number of aliphatic carboxylic acids is 1. The first-order chi connectivity index (χ1) is 8.06. The van der Waals surface area contributed by atoms with Crippen molar-refractivity contribution >= 4 is 11.9 Å². The van der Waals surface area contributed by atoms with Gasteiger partial charge in [0.1, 0.15) is 0 Å². The van der Waals surface area contributed by atoms with Gasteiger partial charge in [0, 0.05) is 25.0 Å². The molecule has 0 amide bonds. The third kappa shape index (κ3) is 4.01. The van der Waals surface area contributed by atoms with Gasteiger partial charge in [0.2, 0.25) is 5.95 Å². The normalized spacial score (nSPS) is 10.3. The summed E-state index contributed by atoms with van der Waals surface area (Å²) in [4.78, 5) is 21.1. The van der Waals surface area contributed by atoms with E-state index in [0.29, 0.717) is 12.5 Å². The lowest BCUT2D eigenvalue weighted by Crippen LogP contribution is -2.24. The summed E-state index contributed by atoms with van der Waals surface area (Å²) in [5, 5.41) is 8.64. The van der Waals surface area contributed by atoms with Crippen LogP contribution in [0, 0.1) is 0 Å². The number of aryl methyl sites for hydroxylation is 2. The molecule has 1 heterocycles. The second-order valence-corrected chi connectivity index (χ2v) is 3.92. The van der Waals surface area contributed by atoms with E-state index in [1.54, 1.807) is 4.90 Å². The van der Waals surface area contributed by atoms with Gasteiger partial charge in [-0.15, -0.1) is 0 Å². The fourth-order valence-electron chi connectivity index (χ4n) is 1.44. The first-order valence-corrected chi connectivity index (χ1v) is 5.86. The molecule has 1 aromatic rings. The second kappa shape index (κ2) is 6.18. The van der Waals surface area contributed by atoms with Gasteiger partial charge in [0.05, 0.1) is 6.42 Å². The van der Waals surface area contributed by atoms with Crippen LogP contribution in [0.1, 0.15) is 31.7 Å². The Balaban J connectivity index is 2.84. The van der Waals surface area contributed by atoms with Crippen LogP contribution in [-0.4, -0.2) is 34.6 Å². The monoisotopic (exact) mass is 237 g/mol. The van der Waals surface area contributed by atoms with Crippen LogP contribution < -0.4 is 4.90 Å². The second-order valence-electron chi connectivity index (χ2n) is 3.92. The van der Waals surface area contributed by atoms with Crippen molar-refractivity contribution < 1.29 is 9.90 Å². The average Bonchev–Trinajstić information content (AvgIpc) is 2.34. The first-order valence-electron chi connectivity index (χ1n) is 5.86. The number of nitrogens with zero attached hydrogens (tertiary/aromatic N) is 3. The van der Waals surface area contributed by atoms with Crippen molar-refractivity contribution in [3.63, 3.8) is 0 Å². The van der Waals surface area contributed by atoms with Gasteiger partial charge in [-0.1, -0.05) is 13.8 Å². The lowest BCUT2D eigenvalue weighted by Gasteiger charge is -2.17. The van der Waals surface area contributed by atoms with E-state index in [0.717, 1.165) is 24.2 Å². The number of hydrogen-bond acceptors (Lipinski definition) is 4. The highest BCUT2D eigenvalue weighted by Crippen LogP contribution is 2.10. The Morgan fingerprint density at radius 1 is 1.29 bits per heavy atom. The fraction of sp³-hybridized carbons (Fsp3) is 0.583. The van der Waals surface area contributed by atoms with E-state index in [2.05, 4.69) is 9.97 Å². The van der Waals surface area contributed by atoms with Crippen molar-refractivity contribution in [2.24, 2.45) is 0 Å². The summed E-state index contributed by atoms with van der Waals surface area (Å²) in [5.41, 5.74) is 1.99. The summed E-state index contributed by atoms with van der Waals surface area (Å²) in [6, 6.07) is 1.99. The molecule has 0 aliphatic rings. The van der Waals surface area contributed by atoms with Gasteiger partial charge >= 0.3 is 5.97 Å². The summed E-state index contributed by atoms with van der Waals surface area (Å²) in [7, 11) is 1.82. The average molecular weight is 237 g/mol. The van der Waals surface area contributed by atoms with Gasteiger partial charge in [0.15, 0.2) is 0 Å². The molecule has 0 bridgehead atoms. The van der Waals surface area contributed by atoms with Crippen LogP contribution in [0.25, 0.3) is 0 Å². The third-order valence-electron chi connectivity index (χ3n) is 2.55. The smallest absolute Gasteiger partial charge is 0.305 e. The molecule has 0 spiro atoms. The molecule has 1 aromatic heterocycles. The molecule has 0 radical (unpaired) electrons. The van der Waals surface area contributed by atoms with E-state index in [1.165, 1.54) is 0 Å². The van der Waals surface area contributed by atoms with Crippen molar-refractivity contribution in [3.8, 4) is 0 Å². The molecule has 5 nitrogen and oxygen atoms in total. The number of aromatic nitrogens is 2. The van der Waals surface area contributed by atoms with Crippen molar-refractivity contribution in [3.05, 3.63) is 17.5 Å². The van der Waals surface area contributed by atoms with E-state index in [9.17, 15) is 4.79 Å². The molecule has 1 rings (SSSR count). The van der Waals surface area contributed by atoms with Gasteiger partial charge in [-0.2, -0.15) is 0 Å². The van der Waals surface area contributed by atoms with E-state index >= 15 is 0 Å². The van der Waals surface area contributed by atoms with Crippen LogP contribution in [0.5, 0.6) is 0 Å². The van der Waals surface area contributed by atoms with E-state index < -0.39 is 5.97 Å². The highest BCUT2D eigenvalue weighted by atomic mass is 16.4. The van der Waals surface area contributed by atoms with Crippen LogP contribution >= 0.6 is 0 Å². The highest BCUT2D eigenvalue weighted by Gasteiger charge is 2.09. The molecule has 94 valence electrons. The molecular formula is C12H19N3O2. The van der Waals surface area contributed by atoms with Crippen LogP contribution in [-0.2, 0) is 17.6 Å². The van der Waals surface area contributed by atoms with Gasteiger partial charge in [-0.3, -0.25) is 4.79 Å². The molecular weight excluding hydrogens is 218 g/mol. The molecule has 1 N–H and O–H groups in total. The minimum absolute atomic E-state index is 0.0949. The maximum Gasteiger partial charge on any atom is 0.305 e. The molecule has 0 atom stereocenters. The van der Waals surface area contributed by atoms with Crippen LogP contribution in [0.4, 0.5) is 5.95 Å². The number of anilines is 1. The van der Waals surface area contributed by atoms with Crippen molar-refractivity contribution in [1.82, 2.24) is 9.97 Å². The predicted octanol–water partition coefficient (Wildman–Crippen LogP) is 1.51. The quantitative estimate of drug-likeness (QED) is 0.812. The summed E-state index contributed by atoms with van der Waals surface area (Å²) >= 11 is 0. The van der Waals surface area contributed by atoms with Crippen molar-refractivity contribution in [2.75, 3.05) is 18.5 Å². The van der Waals surface area contributed by atoms with Gasteiger partial charge in [0.25, 0.3) is 0 Å². The zero-order valence-electron chi connectivity index (χ0n) is 10.6. The topological polar surface area (TPSA) is 66.3 Å². The van der Waals surface area contributed by atoms with Gasteiger partial charge in [-0.05, 0) is 18.9 Å². The Morgan fingerprint density at radius 3 is 2.24 bits per heavy atom. The van der Waals surface area contributed by atoms with Gasteiger partial charge in [-0.25, -0.2) is 9.97 Å². The third-order valence-corrected chi connectivity index (χ3v) is 2.55. The standard InChI is InChI=1S/C12H19N3O2/c1-4-9-8-10(5-2)14-12(13-9)15(3)7-6-11(16)17/h8H,4-7H2,1-3H3,(H,16,17). The zero-order valence-corrected chi connectivity index (χ0v) is 10.6. The summed E-state index contributed by atoms with van der Waals surface area (Å²) < 4.78 is 0. The Bertz CT molecular complexity index is 371. The van der Waals surface area contributed by atoms with E-state index in [1.807, 2.05) is 27.0 Å². The summed E-state index contributed by atoms with van der Waals surface area (Å²) in [6.45, 7) is 4.51. The molecule has 0 aromatic carbocycles. The summed E-state index contributed by atoms with van der Waals surface area (Å²) in [5.74, 6) is -0.193. The van der Waals surface area contributed by atoms with Gasteiger partial charge < -0.3 is 10.0 Å². The Kier molecular flexibility index (Phi) is 4.87. The molecule has 0 fully saturated rings. The Hall–Kier alpha value is -1.65. The van der Waals surface area contributed by atoms with Crippen LogP contribution in [0.2, 0.25) is 0 Å². The summed E-state index contributed by atoms with van der Waals surface area (Å²) in [6.07, 6.45) is 1.81. The number of carbonyl (C=O) groups is 1. The number of hydrogen-bond donors (Lipinski definition) is 1. The molecule has 0 unspecified atom stereocenters. The number of carboxylic acids is 1. The van der Waals surface area contributed by atoms with Crippen molar-refractivity contribution in [2.45, 2.75) is 33.1 Å². The number of rotatable bonds is 6. The molecule has 0 saturated heterocycles. The SMILES string of the molecule is CCc1cc(CC)nc(N(C)CCC(=O)O)n1. The Morgan fingerprint density at radius 2 is 1.82 bits per heavy atom. The van der Waals surface area contributed by atoms with Crippen LogP contribution in [0.15, 0.2) is 6.07 Å². The van der Waals surface area contributed by atoms with Crippen LogP contribution in [0.3, 0.4) is 0 Å². The van der Waals surface area contributed by atoms with Crippen molar-refractivity contribution in [1.29, 1.82) is 0 Å². The molecule has 0 saturated carbocycles. The van der Waals surface area contributed by atoms with E-state index in [4.69, 9.17) is 5.11 Å². The molecule has 17 heavy (non-hydrogen) atoms. The lowest BCUT2D eigenvalue weighted by molar-refractivity contribution is -0.136. The first kappa shape index (κ1) is 13.4. The number of carboxylic acid groups (broad SMARTS) is 1. The molecule has 5 heteroatoms. The maximum absolute atomic E-state index is 10.5. The zero-order chi connectivity index (χ0) is 12.8. The molecule has 0 aliphatic carbocycles.